The number of amides is 1. The molecule has 1 amide bonds. The number of carbonyl (C=O) groups excluding carboxylic acids is 1. The zero-order valence-corrected chi connectivity index (χ0v) is 14.5. The fourth-order valence-electron chi connectivity index (χ4n) is 1.89. The molecule has 2 rings (SSSR count). The Morgan fingerprint density at radius 3 is 2.43 bits per heavy atom. The molecule has 0 radical (unpaired) electrons. The number of halogens is 2. The Balaban J connectivity index is 2.15. The van der Waals surface area contributed by atoms with E-state index in [1.54, 1.807) is 22.8 Å². The van der Waals surface area contributed by atoms with Gasteiger partial charge in [0.2, 0.25) is 0 Å². The molecule has 6 nitrogen and oxygen atoms in total. The van der Waals surface area contributed by atoms with E-state index < -0.39 is 0 Å². The summed E-state index contributed by atoms with van der Waals surface area (Å²) in [6.07, 6.45) is 3.55. The van der Waals surface area contributed by atoms with Gasteiger partial charge in [0.1, 0.15) is 0 Å². The molecule has 0 unspecified atom stereocenters. The first-order valence-corrected chi connectivity index (χ1v) is 7.83. The molecule has 21 heavy (non-hydrogen) atoms. The summed E-state index contributed by atoms with van der Waals surface area (Å²) in [5, 5.41) is 8.96. The predicted molar refractivity (Wildman–Crippen MR) is 84.3 cm³/mol. The highest BCUT2D eigenvalue weighted by molar-refractivity contribution is 9.10. The van der Waals surface area contributed by atoms with E-state index >= 15 is 0 Å². The van der Waals surface area contributed by atoms with Crippen molar-refractivity contribution in [1.29, 1.82) is 0 Å². The Hall–Kier alpha value is -1.34. The maximum Gasteiger partial charge on any atom is 0.276 e. The Morgan fingerprint density at radius 2 is 1.90 bits per heavy atom. The van der Waals surface area contributed by atoms with Crippen LogP contribution in [0.25, 0.3) is 0 Å². The second-order valence-corrected chi connectivity index (χ2v) is 5.88. The lowest BCUT2D eigenvalue weighted by atomic mass is 10.3. The lowest BCUT2D eigenvalue weighted by Crippen LogP contribution is -2.27. The van der Waals surface area contributed by atoms with Crippen molar-refractivity contribution < 1.29 is 4.79 Å². The van der Waals surface area contributed by atoms with Crippen LogP contribution in [-0.4, -0.2) is 37.4 Å². The molecule has 0 N–H and O–H groups in total. The molecular formula is C13H17BrClN5O. The fraction of sp³-hybridized carbons (Fsp3) is 0.462. The van der Waals surface area contributed by atoms with E-state index in [0.717, 1.165) is 16.7 Å². The van der Waals surface area contributed by atoms with Gasteiger partial charge in [-0.25, -0.2) is 0 Å². The number of hydrogen-bond donors (Lipinski definition) is 0. The molecule has 0 atom stereocenters. The average Bonchev–Trinajstić information content (AvgIpc) is 3.01. The van der Waals surface area contributed by atoms with E-state index in [1.165, 1.54) is 0 Å². The topological polar surface area (TPSA) is 56.0 Å². The van der Waals surface area contributed by atoms with Gasteiger partial charge in [-0.2, -0.15) is 10.2 Å². The van der Waals surface area contributed by atoms with Crippen LogP contribution in [0.2, 0.25) is 5.02 Å². The van der Waals surface area contributed by atoms with Crippen molar-refractivity contribution in [2.45, 2.75) is 33.5 Å². The third kappa shape index (κ3) is 3.47. The lowest BCUT2D eigenvalue weighted by Gasteiger charge is -2.14. The number of aryl methyl sites for hydroxylation is 2. The maximum atomic E-state index is 12.4. The van der Waals surface area contributed by atoms with Gasteiger partial charge in [-0.3, -0.25) is 14.2 Å². The van der Waals surface area contributed by atoms with Crippen LogP contribution in [-0.2, 0) is 19.6 Å². The normalized spacial score (nSPS) is 10.9. The summed E-state index contributed by atoms with van der Waals surface area (Å²) in [7, 11) is 1.71. The highest BCUT2D eigenvalue weighted by Gasteiger charge is 2.21. The monoisotopic (exact) mass is 373 g/mol. The molecule has 114 valence electrons. The van der Waals surface area contributed by atoms with Gasteiger partial charge in [0.05, 0.1) is 21.7 Å². The van der Waals surface area contributed by atoms with Gasteiger partial charge in [0.25, 0.3) is 5.91 Å². The Labute approximate surface area is 136 Å². The standard InChI is InChI=1S/C13H17BrClN5O/c1-4-19-6-9(14)11(16-19)8-18(3)13(21)12-10(15)7-20(5-2)17-12/h6-7H,4-5,8H2,1-3H3. The Morgan fingerprint density at radius 1 is 1.29 bits per heavy atom. The largest absolute Gasteiger partial charge is 0.334 e. The van der Waals surface area contributed by atoms with Crippen LogP contribution in [0.5, 0.6) is 0 Å². The summed E-state index contributed by atoms with van der Waals surface area (Å²) < 4.78 is 4.34. The minimum absolute atomic E-state index is 0.217. The summed E-state index contributed by atoms with van der Waals surface area (Å²) >= 11 is 9.52. The van der Waals surface area contributed by atoms with E-state index in [0.29, 0.717) is 18.1 Å². The first kappa shape index (κ1) is 16.0. The Bertz CT molecular complexity index is 651. The van der Waals surface area contributed by atoms with Crippen molar-refractivity contribution in [2.75, 3.05) is 7.05 Å². The Kier molecular flexibility index (Phi) is 5.05. The van der Waals surface area contributed by atoms with Crippen LogP contribution in [0.3, 0.4) is 0 Å². The van der Waals surface area contributed by atoms with Gasteiger partial charge in [0.15, 0.2) is 5.69 Å². The number of aromatic nitrogens is 4. The molecular weight excluding hydrogens is 358 g/mol. The summed E-state index contributed by atoms with van der Waals surface area (Å²) in [5.74, 6) is -0.217. The van der Waals surface area contributed by atoms with Crippen LogP contribution in [0, 0.1) is 0 Å². The van der Waals surface area contributed by atoms with Crippen LogP contribution in [0.4, 0.5) is 0 Å². The summed E-state index contributed by atoms with van der Waals surface area (Å²) in [5.41, 5.74) is 1.07. The molecule has 0 aromatic carbocycles. The van der Waals surface area contributed by atoms with E-state index in [1.807, 2.05) is 24.7 Å². The van der Waals surface area contributed by atoms with E-state index in [9.17, 15) is 4.79 Å². The van der Waals surface area contributed by atoms with Crippen LogP contribution < -0.4 is 0 Å². The summed E-state index contributed by atoms with van der Waals surface area (Å²) in [6.45, 7) is 5.79. The molecule has 0 aliphatic carbocycles. The first-order chi connectivity index (χ1) is 9.96. The van der Waals surface area contributed by atoms with Gasteiger partial charge in [-0.05, 0) is 29.8 Å². The third-order valence-electron chi connectivity index (χ3n) is 3.09. The van der Waals surface area contributed by atoms with Crippen LogP contribution in [0.1, 0.15) is 30.0 Å². The third-order valence-corrected chi connectivity index (χ3v) is 4.03. The molecule has 0 saturated heterocycles. The van der Waals surface area contributed by atoms with E-state index in [-0.39, 0.29) is 11.6 Å². The molecule has 0 aliphatic heterocycles. The highest BCUT2D eigenvalue weighted by atomic mass is 79.9. The average molecular weight is 375 g/mol. The van der Waals surface area contributed by atoms with Crippen LogP contribution >= 0.6 is 27.5 Å². The molecule has 0 saturated carbocycles. The van der Waals surface area contributed by atoms with Crippen molar-refractivity contribution in [1.82, 2.24) is 24.5 Å². The number of rotatable bonds is 5. The fourth-order valence-corrected chi connectivity index (χ4v) is 2.56. The summed E-state index contributed by atoms with van der Waals surface area (Å²) in [6, 6.07) is 0. The minimum Gasteiger partial charge on any atom is -0.334 e. The highest BCUT2D eigenvalue weighted by Crippen LogP contribution is 2.19. The van der Waals surface area contributed by atoms with Gasteiger partial charge in [-0.15, -0.1) is 0 Å². The lowest BCUT2D eigenvalue weighted by molar-refractivity contribution is 0.0776. The first-order valence-electron chi connectivity index (χ1n) is 6.66. The molecule has 2 aromatic heterocycles. The van der Waals surface area contributed by atoms with Gasteiger partial charge in [-0.1, -0.05) is 11.6 Å². The molecule has 0 spiro atoms. The van der Waals surface area contributed by atoms with Crippen molar-refractivity contribution in [3.8, 4) is 0 Å². The van der Waals surface area contributed by atoms with E-state index in [4.69, 9.17) is 11.6 Å². The number of carbonyl (C=O) groups is 1. The molecule has 0 fully saturated rings. The zero-order valence-electron chi connectivity index (χ0n) is 12.2. The van der Waals surface area contributed by atoms with Gasteiger partial charge >= 0.3 is 0 Å². The molecule has 2 aromatic rings. The van der Waals surface area contributed by atoms with Gasteiger partial charge < -0.3 is 4.90 Å². The van der Waals surface area contributed by atoms with Crippen molar-refractivity contribution in [3.05, 3.63) is 33.3 Å². The maximum absolute atomic E-state index is 12.4. The molecule has 0 bridgehead atoms. The molecule has 2 heterocycles. The van der Waals surface area contributed by atoms with Crippen molar-refractivity contribution >= 4 is 33.4 Å². The van der Waals surface area contributed by atoms with E-state index in [2.05, 4.69) is 26.1 Å². The van der Waals surface area contributed by atoms with Crippen molar-refractivity contribution in [2.24, 2.45) is 0 Å². The van der Waals surface area contributed by atoms with Gasteiger partial charge in [0, 0.05) is 32.5 Å². The molecule has 0 aliphatic rings. The second-order valence-electron chi connectivity index (χ2n) is 4.62. The minimum atomic E-state index is -0.217. The molecule has 8 heteroatoms. The van der Waals surface area contributed by atoms with Crippen molar-refractivity contribution in [3.63, 3.8) is 0 Å². The SMILES string of the molecule is CCn1cc(Br)c(CN(C)C(=O)c2nn(CC)cc2Cl)n1. The number of nitrogens with zero attached hydrogens (tertiary/aromatic N) is 5. The predicted octanol–water partition coefficient (Wildman–Crippen LogP) is 2.81. The number of hydrogen-bond acceptors (Lipinski definition) is 3. The quantitative estimate of drug-likeness (QED) is 0.808. The van der Waals surface area contributed by atoms with Crippen LogP contribution in [0.15, 0.2) is 16.9 Å². The smallest absolute Gasteiger partial charge is 0.276 e. The zero-order chi connectivity index (χ0) is 15.6. The second kappa shape index (κ2) is 6.62. The summed E-state index contributed by atoms with van der Waals surface area (Å²) in [4.78, 5) is 14.0.